The molecular formula is C17H19N7O. The molecule has 25 heavy (non-hydrogen) atoms. The van der Waals surface area contributed by atoms with Crippen molar-refractivity contribution in [1.29, 1.82) is 0 Å². The Bertz CT molecular complexity index is 914. The second-order valence-electron chi connectivity index (χ2n) is 6.28. The standard InChI is InChI=1S/C17H19N7O/c1-9(2)24-14-5-4-11(7-13(14)21-23-24)16-20-17(25-22-16)12-6-10(3)19-15(18)8-12/h4-9,21,23H,1-3H3,(H2,18,19). The van der Waals surface area contributed by atoms with Crippen LogP contribution in [0.2, 0.25) is 0 Å². The van der Waals surface area contributed by atoms with Gasteiger partial charge in [0.15, 0.2) is 0 Å². The van der Waals surface area contributed by atoms with Crippen LogP contribution in [0.15, 0.2) is 34.9 Å². The van der Waals surface area contributed by atoms with Crippen molar-refractivity contribution in [3.05, 3.63) is 36.0 Å². The van der Waals surface area contributed by atoms with E-state index in [9.17, 15) is 0 Å². The topological polar surface area (TPSA) is 105 Å². The molecule has 4 N–H and O–H groups in total. The highest BCUT2D eigenvalue weighted by atomic mass is 16.5. The van der Waals surface area contributed by atoms with Crippen molar-refractivity contribution in [3.8, 4) is 22.8 Å². The molecule has 0 unspecified atom stereocenters. The lowest BCUT2D eigenvalue weighted by Gasteiger charge is -2.21. The van der Waals surface area contributed by atoms with E-state index in [0.717, 1.165) is 28.2 Å². The summed E-state index contributed by atoms with van der Waals surface area (Å²) in [6, 6.07) is 9.91. The molecule has 0 fully saturated rings. The third-order valence-electron chi connectivity index (χ3n) is 3.99. The van der Waals surface area contributed by atoms with E-state index < -0.39 is 0 Å². The number of nitrogens with one attached hydrogen (secondary N) is 2. The maximum atomic E-state index is 5.79. The Morgan fingerprint density at radius 1 is 1.12 bits per heavy atom. The number of nitrogens with zero attached hydrogens (tertiary/aromatic N) is 4. The summed E-state index contributed by atoms with van der Waals surface area (Å²) in [5, 5.41) is 6.15. The lowest BCUT2D eigenvalue weighted by Crippen LogP contribution is -2.41. The first-order chi connectivity index (χ1) is 12.0. The quantitative estimate of drug-likeness (QED) is 0.670. The Hall–Kier alpha value is -3.13. The molecule has 8 nitrogen and oxygen atoms in total. The predicted octanol–water partition coefficient (Wildman–Crippen LogP) is 2.75. The number of benzene rings is 1. The van der Waals surface area contributed by atoms with Gasteiger partial charge in [0.05, 0.1) is 11.4 Å². The summed E-state index contributed by atoms with van der Waals surface area (Å²) in [6.45, 7) is 6.11. The minimum absolute atomic E-state index is 0.330. The monoisotopic (exact) mass is 337 g/mol. The van der Waals surface area contributed by atoms with Gasteiger partial charge in [-0.15, -0.1) is 5.53 Å². The number of anilines is 3. The maximum Gasteiger partial charge on any atom is 0.258 e. The number of nitrogen functional groups attached to an aromatic ring is 1. The van der Waals surface area contributed by atoms with E-state index in [0.29, 0.717) is 23.6 Å². The molecule has 0 amide bonds. The Labute approximate surface area is 145 Å². The van der Waals surface area contributed by atoms with Gasteiger partial charge in [0.25, 0.3) is 5.89 Å². The molecule has 0 radical (unpaired) electrons. The average Bonchev–Trinajstić information content (AvgIpc) is 3.20. The third kappa shape index (κ3) is 2.76. The molecule has 0 spiro atoms. The van der Waals surface area contributed by atoms with Crippen LogP contribution < -0.4 is 21.7 Å². The maximum absolute atomic E-state index is 5.79. The fraction of sp³-hybridized carbons (Fsp3) is 0.235. The molecule has 1 aliphatic rings. The summed E-state index contributed by atoms with van der Waals surface area (Å²) in [5.41, 5.74) is 16.6. The van der Waals surface area contributed by atoms with Gasteiger partial charge in [0.2, 0.25) is 5.82 Å². The molecule has 3 heterocycles. The van der Waals surface area contributed by atoms with Crippen LogP contribution in [0.5, 0.6) is 0 Å². The van der Waals surface area contributed by atoms with E-state index >= 15 is 0 Å². The third-order valence-corrected chi connectivity index (χ3v) is 3.99. The molecule has 0 atom stereocenters. The minimum atomic E-state index is 0.330. The molecule has 8 heteroatoms. The Morgan fingerprint density at radius 2 is 1.96 bits per heavy atom. The molecular weight excluding hydrogens is 318 g/mol. The zero-order chi connectivity index (χ0) is 17.6. The number of hydrazine groups is 2. The van der Waals surface area contributed by atoms with Gasteiger partial charge in [-0.3, -0.25) is 5.01 Å². The smallest absolute Gasteiger partial charge is 0.258 e. The molecule has 0 bridgehead atoms. The van der Waals surface area contributed by atoms with E-state index in [2.05, 4.69) is 44.9 Å². The molecule has 0 saturated carbocycles. The number of fused-ring (bicyclic) bond motifs is 1. The van der Waals surface area contributed by atoms with Crippen LogP contribution in [-0.2, 0) is 0 Å². The van der Waals surface area contributed by atoms with E-state index in [1.807, 2.05) is 31.2 Å². The van der Waals surface area contributed by atoms with Crippen molar-refractivity contribution in [1.82, 2.24) is 20.7 Å². The van der Waals surface area contributed by atoms with E-state index in [1.165, 1.54) is 0 Å². The number of aromatic nitrogens is 3. The van der Waals surface area contributed by atoms with Crippen LogP contribution in [-0.4, -0.2) is 21.2 Å². The molecule has 128 valence electrons. The Kier molecular flexibility index (Phi) is 3.54. The van der Waals surface area contributed by atoms with Crippen LogP contribution >= 0.6 is 0 Å². The van der Waals surface area contributed by atoms with Crippen LogP contribution in [0.3, 0.4) is 0 Å². The molecule has 1 aromatic carbocycles. The van der Waals surface area contributed by atoms with Gasteiger partial charge in [-0.05, 0) is 51.1 Å². The Morgan fingerprint density at radius 3 is 2.72 bits per heavy atom. The van der Waals surface area contributed by atoms with Gasteiger partial charge in [-0.1, -0.05) is 5.16 Å². The van der Waals surface area contributed by atoms with Crippen molar-refractivity contribution >= 4 is 17.2 Å². The first-order valence-corrected chi connectivity index (χ1v) is 8.05. The lowest BCUT2D eigenvalue weighted by atomic mass is 10.1. The van der Waals surface area contributed by atoms with Crippen molar-refractivity contribution in [2.45, 2.75) is 26.8 Å². The van der Waals surface area contributed by atoms with E-state index in [-0.39, 0.29) is 0 Å². The van der Waals surface area contributed by atoms with E-state index in [4.69, 9.17) is 10.3 Å². The fourth-order valence-electron chi connectivity index (χ4n) is 2.85. The largest absolute Gasteiger partial charge is 0.384 e. The zero-order valence-electron chi connectivity index (χ0n) is 14.2. The average molecular weight is 337 g/mol. The van der Waals surface area contributed by atoms with Gasteiger partial charge in [-0.2, -0.15) is 4.98 Å². The molecule has 0 saturated heterocycles. The summed E-state index contributed by atoms with van der Waals surface area (Å²) in [7, 11) is 0. The number of hydrogen-bond acceptors (Lipinski definition) is 8. The molecule has 1 aliphatic heterocycles. The highest BCUT2D eigenvalue weighted by molar-refractivity contribution is 5.78. The minimum Gasteiger partial charge on any atom is -0.384 e. The molecule has 4 rings (SSSR count). The first kappa shape index (κ1) is 15.4. The van der Waals surface area contributed by atoms with Gasteiger partial charge in [0, 0.05) is 22.9 Å². The second-order valence-corrected chi connectivity index (χ2v) is 6.28. The second kappa shape index (κ2) is 5.75. The SMILES string of the molecule is Cc1cc(-c2nc(-c3ccc4c(c3)NNN4C(C)C)no2)cc(N)n1. The molecule has 0 aliphatic carbocycles. The summed E-state index contributed by atoms with van der Waals surface area (Å²) < 4.78 is 5.40. The van der Waals surface area contributed by atoms with Crippen molar-refractivity contribution in [2.75, 3.05) is 16.2 Å². The summed E-state index contributed by atoms with van der Waals surface area (Å²) in [4.78, 5) is 8.64. The Balaban J connectivity index is 1.67. The first-order valence-electron chi connectivity index (χ1n) is 8.05. The number of aryl methyl sites for hydroxylation is 1. The van der Waals surface area contributed by atoms with Gasteiger partial charge in [-0.25, -0.2) is 4.98 Å². The summed E-state index contributed by atoms with van der Waals surface area (Å²) in [6.07, 6.45) is 0. The van der Waals surface area contributed by atoms with Crippen molar-refractivity contribution in [2.24, 2.45) is 0 Å². The normalized spacial score (nSPS) is 13.2. The van der Waals surface area contributed by atoms with Crippen molar-refractivity contribution < 1.29 is 4.52 Å². The van der Waals surface area contributed by atoms with Crippen LogP contribution in [0.1, 0.15) is 19.5 Å². The zero-order valence-corrected chi connectivity index (χ0v) is 14.2. The van der Waals surface area contributed by atoms with Gasteiger partial charge >= 0.3 is 0 Å². The highest BCUT2D eigenvalue weighted by Crippen LogP contribution is 2.34. The van der Waals surface area contributed by atoms with Gasteiger partial charge in [0.1, 0.15) is 5.82 Å². The highest BCUT2D eigenvalue weighted by Gasteiger charge is 2.22. The van der Waals surface area contributed by atoms with Crippen LogP contribution in [0.4, 0.5) is 17.2 Å². The fourth-order valence-corrected chi connectivity index (χ4v) is 2.85. The lowest BCUT2D eigenvalue weighted by molar-refractivity contribution is 0.432. The number of nitrogens with two attached hydrogens (primary N) is 1. The van der Waals surface area contributed by atoms with Crippen molar-refractivity contribution in [3.63, 3.8) is 0 Å². The molecule has 3 aromatic rings. The molecule has 2 aromatic heterocycles. The van der Waals surface area contributed by atoms with E-state index in [1.54, 1.807) is 6.07 Å². The summed E-state index contributed by atoms with van der Waals surface area (Å²) in [5.74, 6) is 1.37. The van der Waals surface area contributed by atoms with Crippen LogP contribution in [0.25, 0.3) is 22.8 Å². The van der Waals surface area contributed by atoms with Gasteiger partial charge < -0.3 is 15.7 Å². The number of pyridine rings is 1. The number of hydrogen-bond donors (Lipinski definition) is 3. The predicted molar refractivity (Wildman–Crippen MR) is 96.5 cm³/mol. The van der Waals surface area contributed by atoms with Crippen LogP contribution in [0, 0.1) is 6.92 Å². The number of rotatable bonds is 3. The summed E-state index contributed by atoms with van der Waals surface area (Å²) >= 11 is 0.